The summed E-state index contributed by atoms with van der Waals surface area (Å²) >= 11 is 13.0. The molecule has 0 aliphatic rings. The van der Waals surface area contributed by atoms with Gasteiger partial charge in [0.05, 0.1) is 22.1 Å². The van der Waals surface area contributed by atoms with Crippen LogP contribution in [0, 0.1) is 0 Å². The molecule has 0 aliphatic carbocycles. The Bertz CT molecular complexity index is 927. The number of amides is 1. The second-order valence-corrected chi connectivity index (χ2v) is 6.79. The molecule has 0 saturated carbocycles. The van der Waals surface area contributed by atoms with Crippen molar-refractivity contribution in [3.8, 4) is 11.6 Å². The molecular weight excluding hydrogens is 397 g/mol. The quantitative estimate of drug-likeness (QED) is 0.465. The Labute approximate surface area is 163 Å². The Morgan fingerprint density at radius 2 is 2.27 bits per heavy atom. The average Bonchev–Trinajstić information content (AvgIpc) is 3.26. The Kier molecular flexibility index (Phi) is 5.97. The molecule has 0 aliphatic heterocycles. The first-order valence-electron chi connectivity index (χ1n) is 7.40. The van der Waals surface area contributed by atoms with Crippen LogP contribution in [-0.4, -0.2) is 31.4 Å². The van der Waals surface area contributed by atoms with E-state index >= 15 is 0 Å². The van der Waals surface area contributed by atoms with Gasteiger partial charge in [-0.05, 0) is 18.2 Å². The lowest BCUT2D eigenvalue weighted by Gasteiger charge is -2.07. The lowest BCUT2D eigenvalue weighted by molar-refractivity contribution is -0.113. The van der Waals surface area contributed by atoms with Crippen LogP contribution in [0.15, 0.2) is 52.9 Å². The number of furan rings is 1. The first-order chi connectivity index (χ1) is 12.6. The van der Waals surface area contributed by atoms with E-state index in [2.05, 4.69) is 27.1 Å². The molecule has 0 radical (unpaired) electrons. The van der Waals surface area contributed by atoms with E-state index in [0.29, 0.717) is 28.3 Å². The Morgan fingerprint density at radius 1 is 1.42 bits per heavy atom. The van der Waals surface area contributed by atoms with Crippen LogP contribution in [0.2, 0.25) is 10.0 Å². The fraction of sp³-hybridized carbons (Fsp3) is 0.125. The number of anilines is 1. The molecule has 1 N–H and O–H groups in total. The molecule has 0 unspecified atom stereocenters. The van der Waals surface area contributed by atoms with Crippen molar-refractivity contribution < 1.29 is 9.21 Å². The van der Waals surface area contributed by atoms with E-state index in [4.69, 9.17) is 27.6 Å². The molecular formula is C16H13Cl2N5O2S. The molecule has 3 heterocycles. The molecule has 0 aromatic carbocycles. The van der Waals surface area contributed by atoms with Crippen molar-refractivity contribution in [1.29, 1.82) is 0 Å². The molecule has 0 fully saturated rings. The van der Waals surface area contributed by atoms with Crippen molar-refractivity contribution in [2.24, 2.45) is 0 Å². The van der Waals surface area contributed by atoms with Crippen molar-refractivity contribution in [1.82, 2.24) is 19.7 Å². The fourth-order valence-electron chi connectivity index (χ4n) is 2.08. The lowest BCUT2D eigenvalue weighted by Crippen LogP contribution is -2.16. The predicted molar refractivity (Wildman–Crippen MR) is 102 cm³/mol. The number of carbonyl (C=O) groups excluding carboxylic acids is 1. The second-order valence-electron chi connectivity index (χ2n) is 5.00. The smallest absolute Gasteiger partial charge is 0.236 e. The van der Waals surface area contributed by atoms with Gasteiger partial charge in [-0.3, -0.25) is 9.36 Å². The molecule has 3 aromatic rings. The highest BCUT2D eigenvalue weighted by atomic mass is 35.5. The first kappa shape index (κ1) is 18.5. The van der Waals surface area contributed by atoms with E-state index in [9.17, 15) is 4.79 Å². The van der Waals surface area contributed by atoms with E-state index in [1.54, 1.807) is 24.5 Å². The minimum Gasteiger partial charge on any atom is -0.461 e. The summed E-state index contributed by atoms with van der Waals surface area (Å²) in [6.45, 7) is 4.22. The number of pyridine rings is 1. The SMILES string of the molecule is C=CCn1c(SCC(=O)Nc2ncc(Cl)cc2Cl)nnc1-c1ccco1. The van der Waals surface area contributed by atoms with Gasteiger partial charge in [0, 0.05) is 12.7 Å². The molecule has 0 saturated heterocycles. The van der Waals surface area contributed by atoms with Crippen LogP contribution in [0.25, 0.3) is 11.6 Å². The van der Waals surface area contributed by atoms with Crippen LogP contribution >= 0.6 is 35.0 Å². The molecule has 0 bridgehead atoms. The summed E-state index contributed by atoms with van der Waals surface area (Å²) in [5, 5.41) is 12.1. The Balaban J connectivity index is 1.69. The molecule has 3 rings (SSSR count). The number of allylic oxidation sites excluding steroid dienone is 1. The van der Waals surface area contributed by atoms with Gasteiger partial charge in [0.1, 0.15) is 0 Å². The predicted octanol–water partition coefficient (Wildman–Crippen LogP) is 4.16. The van der Waals surface area contributed by atoms with Crippen LogP contribution in [0.3, 0.4) is 0 Å². The lowest BCUT2D eigenvalue weighted by atomic mass is 10.4. The number of nitrogens with zero attached hydrogens (tertiary/aromatic N) is 4. The third kappa shape index (κ3) is 4.27. The molecule has 26 heavy (non-hydrogen) atoms. The van der Waals surface area contributed by atoms with E-state index in [0.717, 1.165) is 0 Å². The summed E-state index contributed by atoms with van der Waals surface area (Å²) in [7, 11) is 0. The Morgan fingerprint density at radius 3 is 2.96 bits per heavy atom. The van der Waals surface area contributed by atoms with Crippen LogP contribution in [0.5, 0.6) is 0 Å². The maximum absolute atomic E-state index is 12.2. The fourth-order valence-corrected chi connectivity index (χ4v) is 3.26. The van der Waals surface area contributed by atoms with Gasteiger partial charge in [0.25, 0.3) is 0 Å². The minimum atomic E-state index is -0.278. The van der Waals surface area contributed by atoms with E-state index in [1.807, 2.05) is 4.57 Å². The molecule has 3 aromatic heterocycles. The Hall–Kier alpha value is -2.29. The minimum absolute atomic E-state index is 0.105. The normalized spacial score (nSPS) is 10.7. The standard InChI is InChI=1S/C16H13Cl2N5O2S/c1-2-5-23-15(12-4-3-6-25-12)21-22-16(23)26-9-13(24)20-14-11(18)7-10(17)8-19-14/h2-4,6-8H,1,5,9H2,(H,19,20,24). The van der Waals surface area contributed by atoms with E-state index < -0.39 is 0 Å². The number of thioether (sulfide) groups is 1. The zero-order valence-electron chi connectivity index (χ0n) is 13.4. The third-order valence-corrected chi connectivity index (χ3v) is 4.63. The molecule has 10 heteroatoms. The summed E-state index contributed by atoms with van der Waals surface area (Å²) in [5.74, 6) is 1.24. The second kappa shape index (κ2) is 8.39. The number of nitrogens with one attached hydrogen (secondary N) is 1. The topological polar surface area (TPSA) is 85.8 Å². The van der Waals surface area contributed by atoms with Gasteiger partial charge in [-0.2, -0.15) is 0 Å². The third-order valence-electron chi connectivity index (χ3n) is 3.17. The maximum atomic E-state index is 12.2. The van der Waals surface area contributed by atoms with E-state index in [-0.39, 0.29) is 22.5 Å². The molecule has 134 valence electrons. The van der Waals surface area contributed by atoms with Crippen molar-refractivity contribution in [2.45, 2.75) is 11.7 Å². The van der Waals surface area contributed by atoms with Crippen LogP contribution in [0.1, 0.15) is 0 Å². The number of rotatable bonds is 7. The number of hydrogen-bond donors (Lipinski definition) is 1. The number of hydrogen-bond acceptors (Lipinski definition) is 6. The van der Waals surface area contributed by atoms with Crippen molar-refractivity contribution in [3.05, 3.63) is 53.4 Å². The molecule has 7 nitrogen and oxygen atoms in total. The molecule has 0 atom stereocenters. The van der Waals surface area contributed by atoms with Crippen LogP contribution in [-0.2, 0) is 11.3 Å². The monoisotopic (exact) mass is 409 g/mol. The highest BCUT2D eigenvalue weighted by Gasteiger charge is 2.17. The van der Waals surface area contributed by atoms with Crippen LogP contribution < -0.4 is 5.32 Å². The van der Waals surface area contributed by atoms with Crippen molar-refractivity contribution in [2.75, 3.05) is 11.1 Å². The van der Waals surface area contributed by atoms with Crippen LogP contribution in [0.4, 0.5) is 5.82 Å². The van der Waals surface area contributed by atoms with E-state index in [1.165, 1.54) is 24.0 Å². The highest BCUT2D eigenvalue weighted by Crippen LogP contribution is 2.25. The average molecular weight is 410 g/mol. The largest absolute Gasteiger partial charge is 0.461 e. The summed E-state index contributed by atoms with van der Waals surface area (Å²) in [6.07, 6.45) is 4.69. The summed E-state index contributed by atoms with van der Waals surface area (Å²) in [5.41, 5.74) is 0. The number of halogens is 2. The number of aromatic nitrogens is 4. The van der Waals surface area contributed by atoms with Gasteiger partial charge in [-0.1, -0.05) is 41.0 Å². The zero-order chi connectivity index (χ0) is 18.5. The van der Waals surface area contributed by atoms with Gasteiger partial charge in [-0.15, -0.1) is 16.8 Å². The summed E-state index contributed by atoms with van der Waals surface area (Å²) in [4.78, 5) is 16.2. The van der Waals surface area contributed by atoms with Crippen molar-refractivity contribution >= 4 is 46.7 Å². The molecule has 0 spiro atoms. The van der Waals surface area contributed by atoms with Gasteiger partial charge in [0.15, 0.2) is 16.7 Å². The highest BCUT2D eigenvalue weighted by molar-refractivity contribution is 7.99. The summed E-state index contributed by atoms with van der Waals surface area (Å²) < 4.78 is 7.18. The van der Waals surface area contributed by atoms with Crippen molar-refractivity contribution in [3.63, 3.8) is 0 Å². The van der Waals surface area contributed by atoms with Gasteiger partial charge < -0.3 is 9.73 Å². The molecule has 1 amide bonds. The van der Waals surface area contributed by atoms with Gasteiger partial charge in [-0.25, -0.2) is 4.98 Å². The number of carbonyl (C=O) groups is 1. The zero-order valence-corrected chi connectivity index (χ0v) is 15.7. The summed E-state index contributed by atoms with van der Waals surface area (Å²) in [6, 6.07) is 5.07. The maximum Gasteiger partial charge on any atom is 0.236 e. The van der Waals surface area contributed by atoms with Gasteiger partial charge in [0.2, 0.25) is 11.7 Å². The van der Waals surface area contributed by atoms with Gasteiger partial charge >= 0.3 is 0 Å². The first-order valence-corrected chi connectivity index (χ1v) is 9.14.